The largest absolute Gasteiger partial charge is 0.337 e. The summed E-state index contributed by atoms with van der Waals surface area (Å²) in [5, 5.41) is 3.52. The fraction of sp³-hybridized carbons (Fsp3) is 0.750. The van der Waals surface area contributed by atoms with Gasteiger partial charge in [0, 0.05) is 19.4 Å². The third-order valence-corrected chi connectivity index (χ3v) is 3.36. The maximum atomic E-state index is 4.30. The van der Waals surface area contributed by atoms with Crippen LogP contribution in [0.1, 0.15) is 37.9 Å². The highest BCUT2D eigenvalue weighted by atomic mass is 15.1. The number of nitrogens with zero attached hydrogens (tertiary/aromatic N) is 2. The van der Waals surface area contributed by atoms with Crippen molar-refractivity contribution in [1.82, 2.24) is 14.9 Å². The molecule has 1 aliphatic rings. The van der Waals surface area contributed by atoms with Gasteiger partial charge >= 0.3 is 0 Å². The van der Waals surface area contributed by atoms with Crippen molar-refractivity contribution in [2.24, 2.45) is 13.0 Å². The third-order valence-electron chi connectivity index (χ3n) is 3.36. The number of hydrogen-bond acceptors (Lipinski definition) is 2. The fourth-order valence-electron chi connectivity index (χ4n) is 2.35. The summed E-state index contributed by atoms with van der Waals surface area (Å²) in [6.45, 7) is 2.06. The number of imidazole rings is 1. The average Bonchev–Trinajstić information content (AvgIpc) is 2.66. The molecule has 1 fully saturated rings. The lowest BCUT2D eigenvalue weighted by Crippen LogP contribution is -2.25. The van der Waals surface area contributed by atoms with Crippen LogP contribution in [0.15, 0.2) is 12.4 Å². The summed E-state index contributed by atoms with van der Waals surface area (Å²) in [6.07, 6.45) is 11.0. The van der Waals surface area contributed by atoms with Gasteiger partial charge in [-0.1, -0.05) is 19.3 Å². The van der Waals surface area contributed by atoms with Gasteiger partial charge in [0.2, 0.25) is 0 Å². The highest BCUT2D eigenvalue weighted by Gasteiger charge is 2.12. The van der Waals surface area contributed by atoms with E-state index in [2.05, 4.69) is 14.9 Å². The number of rotatable bonds is 4. The van der Waals surface area contributed by atoms with Gasteiger partial charge in [-0.05, 0) is 25.3 Å². The lowest BCUT2D eigenvalue weighted by atomic mass is 9.89. The first-order valence-corrected chi connectivity index (χ1v) is 6.03. The zero-order valence-corrected chi connectivity index (χ0v) is 9.58. The van der Waals surface area contributed by atoms with Crippen molar-refractivity contribution < 1.29 is 0 Å². The molecule has 3 nitrogen and oxygen atoms in total. The van der Waals surface area contributed by atoms with Crippen molar-refractivity contribution in [3.8, 4) is 0 Å². The smallest absolute Gasteiger partial charge is 0.122 e. The van der Waals surface area contributed by atoms with Crippen LogP contribution in [0.3, 0.4) is 0 Å². The Kier molecular flexibility index (Phi) is 3.78. The number of aromatic nitrogens is 2. The molecule has 0 amide bonds. The van der Waals surface area contributed by atoms with E-state index in [1.807, 2.05) is 19.4 Å². The van der Waals surface area contributed by atoms with Gasteiger partial charge in [-0.2, -0.15) is 0 Å². The number of hydrogen-bond donors (Lipinski definition) is 1. The Morgan fingerprint density at radius 1 is 1.40 bits per heavy atom. The van der Waals surface area contributed by atoms with Gasteiger partial charge in [0.15, 0.2) is 0 Å². The van der Waals surface area contributed by atoms with Crippen LogP contribution in [0.4, 0.5) is 0 Å². The fourth-order valence-corrected chi connectivity index (χ4v) is 2.35. The molecule has 1 aliphatic carbocycles. The van der Waals surface area contributed by atoms with Gasteiger partial charge in [-0.3, -0.25) is 0 Å². The van der Waals surface area contributed by atoms with Gasteiger partial charge in [-0.25, -0.2) is 4.98 Å². The molecule has 1 N–H and O–H groups in total. The minimum Gasteiger partial charge on any atom is -0.337 e. The highest BCUT2D eigenvalue weighted by molar-refractivity contribution is 4.90. The summed E-state index contributed by atoms with van der Waals surface area (Å²) < 4.78 is 2.08. The molecule has 1 heterocycles. The van der Waals surface area contributed by atoms with Crippen molar-refractivity contribution in [1.29, 1.82) is 0 Å². The third kappa shape index (κ3) is 3.06. The molecule has 1 aromatic heterocycles. The van der Waals surface area contributed by atoms with Crippen molar-refractivity contribution in [3.05, 3.63) is 18.2 Å². The molecule has 1 aromatic rings. The van der Waals surface area contributed by atoms with E-state index in [1.54, 1.807) is 0 Å². The Morgan fingerprint density at radius 3 is 2.87 bits per heavy atom. The summed E-state index contributed by atoms with van der Waals surface area (Å²) in [6, 6.07) is 0. The van der Waals surface area contributed by atoms with E-state index in [1.165, 1.54) is 32.1 Å². The first-order valence-electron chi connectivity index (χ1n) is 6.03. The molecule has 0 aliphatic heterocycles. The predicted molar refractivity (Wildman–Crippen MR) is 61.5 cm³/mol. The Labute approximate surface area is 91.9 Å². The SMILES string of the molecule is Cn1ccnc1CNCC1CCCCC1. The van der Waals surface area contributed by atoms with Gasteiger partial charge in [-0.15, -0.1) is 0 Å². The molecule has 0 spiro atoms. The molecule has 0 unspecified atom stereocenters. The molecule has 3 heteroatoms. The lowest BCUT2D eigenvalue weighted by molar-refractivity contribution is 0.340. The molecule has 84 valence electrons. The maximum absolute atomic E-state index is 4.30. The molecular weight excluding hydrogens is 186 g/mol. The molecule has 0 atom stereocenters. The van der Waals surface area contributed by atoms with Gasteiger partial charge in [0.05, 0.1) is 6.54 Å². The van der Waals surface area contributed by atoms with E-state index in [-0.39, 0.29) is 0 Å². The van der Waals surface area contributed by atoms with Crippen LogP contribution < -0.4 is 5.32 Å². The second kappa shape index (κ2) is 5.31. The molecule has 0 bridgehead atoms. The van der Waals surface area contributed by atoms with E-state index in [0.717, 1.165) is 24.8 Å². The topological polar surface area (TPSA) is 29.9 Å². The van der Waals surface area contributed by atoms with Crippen molar-refractivity contribution in [2.75, 3.05) is 6.54 Å². The summed E-state index contributed by atoms with van der Waals surface area (Å²) in [5.74, 6) is 2.03. The monoisotopic (exact) mass is 207 g/mol. The van der Waals surface area contributed by atoms with Gasteiger partial charge < -0.3 is 9.88 Å². The van der Waals surface area contributed by atoms with Gasteiger partial charge in [0.25, 0.3) is 0 Å². The normalized spacial score (nSPS) is 18.2. The summed E-state index contributed by atoms with van der Waals surface area (Å²) in [5.41, 5.74) is 0. The predicted octanol–water partition coefficient (Wildman–Crippen LogP) is 2.09. The number of nitrogens with one attached hydrogen (secondary N) is 1. The van der Waals surface area contributed by atoms with Crippen LogP contribution in [0.5, 0.6) is 0 Å². The molecule has 15 heavy (non-hydrogen) atoms. The van der Waals surface area contributed by atoms with E-state index in [9.17, 15) is 0 Å². The van der Waals surface area contributed by atoms with Crippen molar-refractivity contribution in [3.63, 3.8) is 0 Å². The van der Waals surface area contributed by atoms with Crippen LogP contribution in [0.2, 0.25) is 0 Å². The lowest BCUT2D eigenvalue weighted by Gasteiger charge is -2.21. The summed E-state index contributed by atoms with van der Waals surface area (Å²) in [7, 11) is 2.05. The van der Waals surface area contributed by atoms with Crippen LogP contribution in [-0.4, -0.2) is 16.1 Å². The molecule has 0 saturated heterocycles. The second-order valence-electron chi connectivity index (χ2n) is 4.59. The average molecular weight is 207 g/mol. The van der Waals surface area contributed by atoms with Crippen molar-refractivity contribution >= 4 is 0 Å². The molecule has 0 aromatic carbocycles. The Hall–Kier alpha value is -0.830. The molecule has 1 saturated carbocycles. The molecule has 2 rings (SSSR count). The minimum atomic E-state index is 0.902. The highest BCUT2D eigenvalue weighted by Crippen LogP contribution is 2.22. The van der Waals surface area contributed by atoms with Crippen LogP contribution >= 0.6 is 0 Å². The first kappa shape index (κ1) is 10.7. The maximum Gasteiger partial charge on any atom is 0.122 e. The Morgan fingerprint density at radius 2 is 2.20 bits per heavy atom. The van der Waals surface area contributed by atoms with Crippen molar-refractivity contribution in [2.45, 2.75) is 38.6 Å². The Bertz CT molecular complexity index is 287. The first-order chi connectivity index (χ1) is 7.36. The quantitative estimate of drug-likeness (QED) is 0.819. The molecular formula is C12H21N3. The summed E-state index contributed by atoms with van der Waals surface area (Å²) >= 11 is 0. The van der Waals surface area contributed by atoms with E-state index >= 15 is 0 Å². The number of aryl methyl sites for hydroxylation is 1. The zero-order chi connectivity index (χ0) is 10.5. The summed E-state index contributed by atoms with van der Waals surface area (Å²) in [4.78, 5) is 4.30. The molecule has 0 radical (unpaired) electrons. The minimum absolute atomic E-state index is 0.902. The van der Waals surface area contributed by atoms with E-state index < -0.39 is 0 Å². The van der Waals surface area contributed by atoms with Crippen LogP contribution in [-0.2, 0) is 13.6 Å². The van der Waals surface area contributed by atoms with Crippen LogP contribution in [0.25, 0.3) is 0 Å². The zero-order valence-electron chi connectivity index (χ0n) is 9.58. The van der Waals surface area contributed by atoms with E-state index in [0.29, 0.717) is 0 Å². The standard InChI is InChI=1S/C12H21N3/c1-15-8-7-14-12(15)10-13-9-11-5-3-2-4-6-11/h7-8,11,13H,2-6,9-10H2,1H3. The Balaban J connectivity index is 1.68. The second-order valence-corrected chi connectivity index (χ2v) is 4.59. The van der Waals surface area contributed by atoms with Crippen LogP contribution in [0, 0.1) is 5.92 Å². The van der Waals surface area contributed by atoms with Gasteiger partial charge in [0.1, 0.15) is 5.82 Å². The van der Waals surface area contributed by atoms with E-state index in [4.69, 9.17) is 0 Å².